The molecule has 0 saturated heterocycles. The zero-order valence-electron chi connectivity index (χ0n) is 9.26. The molecule has 4 heteroatoms. The predicted octanol–water partition coefficient (Wildman–Crippen LogP) is -0.325. The van der Waals surface area contributed by atoms with E-state index in [-0.39, 0.29) is 6.61 Å². The first-order chi connectivity index (χ1) is 6.85. The molecule has 0 aliphatic rings. The Morgan fingerprint density at radius 1 is 1.36 bits per heavy atom. The minimum Gasteiger partial charge on any atom is -0.396 e. The van der Waals surface area contributed by atoms with E-state index in [0.29, 0.717) is 6.04 Å². The Hall–Kier alpha value is -0.160. The molecular weight excluding hydrogens is 178 g/mol. The number of nitrogens with one attached hydrogen (secondary N) is 2. The molecule has 0 aromatic heterocycles. The van der Waals surface area contributed by atoms with Crippen molar-refractivity contribution in [1.29, 1.82) is 0 Å². The van der Waals surface area contributed by atoms with Gasteiger partial charge in [0.25, 0.3) is 0 Å². The van der Waals surface area contributed by atoms with Gasteiger partial charge in [0.1, 0.15) is 0 Å². The Kier molecular flexibility index (Phi) is 10.8. The molecule has 0 heterocycles. The standard InChI is InChI=1S/C10H25N3O/c1-2-13-10(5-3-8-14)9-12-7-4-6-11/h10,12-14H,2-9,11H2,1H3/t10-/m0/s1. The van der Waals surface area contributed by atoms with Crippen LogP contribution in [0.1, 0.15) is 26.2 Å². The molecular formula is C10H25N3O. The summed E-state index contributed by atoms with van der Waals surface area (Å²) in [5, 5.41) is 15.5. The van der Waals surface area contributed by atoms with E-state index in [1.165, 1.54) is 0 Å². The number of hydrogen-bond donors (Lipinski definition) is 4. The monoisotopic (exact) mass is 203 g/mol. The SMILES string of the molecule is CCN[C@@H](CCCO)CNCCCN. The van der Waals surface area contributed by atoms with Crippen LogP contribution in [0.5, 0.6) is 0 Å². The number of aliphatic hydroxyl groups is 1. The Bertz CT molecular complexity index is 112. The van der Waals surface area contributed by atoms with Crippen molar-refractivity contribution in [2.24, 2.45) is 5.73 Å². The predicted molar refractivity (Wildman–Crippen MR) is 60.3 cm³/mol. The van der Waals surface area contributed by atoms with Gasteiger partial charge in [0, 0.05) is 19.2 Å². The highest BCUT2D eigenvalue weighted by Crippen LogP contribution is 1.95. The summed E-state index contributed by atoms with van der Waals surface area (Å²) in [5.74, 6) is 0. The van der Waals surface area contributed by atoms with Crippen LogP contribution in [0.2, 0.25) is 0 Å². The fourth-order valence-electron chi connectivity index (χ4n) is 1.41. The van der Waals surface area contributed by atoms with Gasteiger partial charge in [-0.3, -0.25) is 0 Å². The maximum Gasteiger partial charge on any atom is 0.0431 e. The van der Waals surface area contributed by atoms with Gasteiger partial charge in [-0.05, 0) is 38.9 Å². The van der Waals surface area contributed by atoms with Gasteiger partial charge in [-0.15, -0.1) is 0 Å². The molecule has 0 aromatic rings. The van der Waals surface area contributed by atoms with E-state index >= 15 is 0 Å². The Morgan fingerprint density at radius 3 is 2.71 bits per heavy atom. The first-order valence-electron chi connectivity index (χ1n) is 5.60. The number of aliphatic hydroxyl groups excluding tert-OH is 1. The number of rotatable bonds is 10. The van der Waals surface area contributed by atoms with Gasteiger partial charge in [0.05, 0.1) is 0 Å². The summed E-state index contributed by atoms with van der Waals surface area (Å²) in [5.41, 5.74) is 5.40. The third-order valence-corrected chi connectivity index (χ3v) is 2.15. The van der Waals surface area contributed by atoms with E-state index < -0.39 is 0 Å². The van der Waals surface area contributed by atoms with Gasteiger partial charge in [-0.25, -0.2) is 0 Å². The second-order valence-corrected chi connectivity index (χ2v) is 3.47. The molecule has 0 unspecified atom stereocenters. The molecule has 0 spiro atoms. The molecule has 4 nitrogen and oxygen atoms in total. The van der Waals surface area contributed by atoms with E-state index in [2.05, 4.69) is 17.6 Å². The molecule has 0 aromatic carbocycles. The minimum absolute atomic E-state index is 0.282. The first-order valence-corrected chi connectivity index (χ1v) is 5.60. The molecule has 86 valence electrons. The summed E-state index contributed by atoms with van der Waals surface area (Å²) in [6.07, 6.45) is 2.93. The first kappa shape index (κ1) is 13.8. The normalized spacial score (nSPS) is 13.1. The summed E-state index contributed by atoms with van der Waals surface area (Å²) in [6, 6.07) is 0.477. The van der Waals surface area contributed by atoms with Crippen LogP contribution in [0, 0.1) is 0 Å². The second kappa shape index (κ2) is 10.9. The van der Waals surface area contributed by atoms with Crippen molar-refractivity contribution in [1.82, 2.24) is 10.6 Å². The van der Waals surface area contributed by atoms with Crippen LogP contribution in [-0.4, -0.2) is 43.9 Å². The maximum absolute atomic E-state index is 8.73. The molecule has 1 atom stereocenters. The lowest BCUT2D eigenvalue weighted by molar-refractivity contribution is 0.274. The highest BCUT2D eigenvalue weighted by atomic mass is 16.2. The van der Waals surface area contributed by atoms with E-state index in [1.54, 1.807) is 0 Å². The molecule has 5 N–H and O–H groups in total. The lowest BCUT2D eigenvalue weighted by Crippen LogP contribution is -2.39. The van der Waals surface area contributed by atoms with Crippen molar-refractivity contribution in [3.8, 4) is 0 Å². The van der Waals surface area contributed by atoms with Gasteiger partial charge < -0.3 is 21.5 Å². The third kappa shape index (κ3) is 8.44. The molecule has 0 radical (unpaired) electrons. The van der Waals surface area contributed by atoms with Crippen LogP contribution in [0.3, 0.4) is 0 Å². The Morgan fingerprint density at radius 2 is 2.14 bits per heavy atom. The van der Waals surface area contributed by atoms with Gasteiger partial charge in [-0.1, -0.05) is 6.92 Å². The average molecular weight is 203 g/mol. The van der Waals surface area contributed by atoms with Gasteiger partial charge in [0.15, 0.2) is 0 Å². The van der Waals surface area contributed by atoms with Crippen molar-refractivity contribution in [2.75, 3.05) is 32.8 Å². The van der Waals surface area contributed by atoms with Crippen LogP contribution >= 0.6 is 0 Å². The fraction of sp³-hybridized carbons (Fsp3) is 1.00. The van der Waals surface area contributed by atoms with Crippen molar-refractivity contribution in [3.63, 3.8) is 0 Å². The van der Waals surface area contributed by atoms with Gasteiger partial charge in [0.2, 0.25) is 0 Å². The maximum atomic E-state index is 8.73. The van der Waals surface area contributed by atoms with Crippen molar-refractivity contribution < 1.29 is 5.11 Å². The second-order valence-electron chi connectivity index (χ2n) is 3.47. The minimum atomic E-state index is 0.282. The molecule has 0 aliphatic carbocycles. The number of likely N-dealkylation sites (N-methyl/N-ethyl adjacent to an activating group) is 1. The smallest absolute Gasteiger partial charge is 0.0431 e. The van der Waals surface area contributed by atoms with E-state index in [0.717, 1.165) is 45.4 Å². The van der Waals surface area contributed by atoms with Crippen molar-refractivity contribution in [3.05, 3.63) is 0 Å². The summed E-state index contributed by atoms with van der Waals surface area (Å²) >= 11 is 0. The number of nitrogens with two attached hydrogens (primary N) is 1. The van der Waals surface area contributed by atoms with Crippen LogP contribution in [-0.2, 0) is 0 Å². The van der Waals surface area contributed by atoms with E-state index in [9.17, 15) is 0 Å². The van der Waals surface area contributed by atoms with Crippen LogP contribution in [0.25, 0.3) is 0 Å². The molecule has 0 saturated carbocycles. The lowest BCUT2D eigenvalue weighted by Gasteiger charge is -2.17. The molecule has 0 rings (SSSR count). The van der Waals surface area contributed by atoms with Crippen LogP contribution in [0.15, 0.2) is 0 Å². The van der Waals surface area contributed by atoms with Crippen molar-refractivity contribution in [2.45, 2.75) is 32.2 Å². The molecule has 0 bridgehead atoms. The van der Waals surface area contributed by atoms with Crippen molar-refractivity contribution >= 4 is 0 Å². The van der Waals surface area contributed by atoms with E-state index in [4.69, 9.17) is 10.8 Å². The average Bonchev–Trinajstić information content (AvgIpc) is 2.20. The Labute approximate surface area is 87.3 Å². The summed E-state index contributed by atoms with van der Waals surface area (Å²) in [7, 11) is 0. The molecule has 0 aliphatic heterocycles. The number of hydrogen-bond acceptors (Lipinski definition) is 4. The topological polar surface area (TPSA) is 70.3 Å². The lowest BCUT2D eigenvalue weighted by atomic mass is 10.1. The molecule has 14 heavy (non-hydrogen) atoms. The highest BCUT2D eigenvalue weighted by Gasteiger charge is 2.05. The van der Waals surface area contributed by atoms with Gasteiger partial charge in [-0.2, -0.15) is 0 Å². The third-order valence-electron chi connectivity index (χ3n) is 2.15. The summed E-state index contributed by atoms with van der Waals surface area (Å²) in [6.45, 7) is 6.06. The Balaban J connectivity index is 3.40. The van der Waals surface area contributed by atoms with Gasteiger partial charge >= 0.3 is 0 Å². The molecule has 0 amide bonds. The summed E-state index contributed by atoms with van der Waals surface area (Å²) < 4.78 is 0. The fourth-order valence-corrected chi connectivity index (χ4v) is 1.41. The quantitative estimate of drug-likeness (QED) is 0.367. The largest absolute Gasteiger partial charge is 0.396 e. The van der Waals surface area contributed by atoms with Crippen LogP contribution < -0.4 is 16.4 Å². The highest BCUT2D eigenvalue weighted by molar-refractivity contribution is 4.68. The zero-order valence-corrected chi connectivity index (χ0v) is 9.26. The zero-order chi connectivity index (χ0) is 10.6. The molecule has 0 fully saturated rings. The van der Waals surface area contributed by atoms with Crippen LogP contribution in [0.4, 0.5) is 0 Å². The van der Waals surface area contributed by atoms with E-state index in [1.807, 2.05) is 0 Å². The summed E-state index contributed by atoms with van der Waals surface area (Å²) in [4.78, 5) is 0.